The third-order valence-corrected chi connectivity index (χ3v) is 3.68. The number of nitriles is 1. The highest BCUT2D eigenvalue weighted by Gasteiger charge is 2.21. The van der Waals surface area contributed by atoms with Gasteiger partial charge in [0, 0.05) is 16.5 Å². The number of rotatable bonds is 5. The van der Waals surface area contributed by atoms with Crippen LogP contribution in [0.3, 0.4) is 0 Å². The van der Waals surface area contributed by atoms with Crippen LogP contribution in [-0.4, -0.2) is 23.0 Å². The highest BCUT2D eigenvalue weighted by atomic mass is 79.9. The molecule has 0 bridgehead atoms. The number of carboxylic acids is 1. The Kier molecular flexibility index (Phi) is 5.50. The molecule has 2 aromatic rings. The second-order valence-corrected chi connectivity index (χ2v) is 5.81. The minimum absolute atomic E-state index is 0.102. The smallest absolute Gasteiger partial charge is 0.326 e. The fraction of sp³-hybridized carbons (Fsp3) is 0.118. The standard InChI is InChI=1S/C17H13BrN2O3/c18-14-6-2-5-13(9-14)16(21)20-15(17(22)23)8-11-3-1-4-12(7-11)10-19/h1-7,9,15H,8H2,(H,20,21)(H,22,23)/t15-/m0/s1. The first kappa shape index (κ1) is 16.7. The molecule has 0 radical (unpaired) electrons. The van der Waals surface area contributed by atoms with Gasteiger partial charge >= 0.3 is 5.97 Å². The Labute approximate surface area is 141 Å². The SMILES string of the molecule is N#Cc1cccc(C[C@H](NC(=O)c2cccc(Br)c2)C(=O)O)c1. The number of benzene rings is 2. The Hall–Kier alpha value is -2.65. The number of carbonyl (C=O) groups is 2. The van der Waals surface area contributed by atoms with Gasteiger partial charge in [-0.15, -0.1) is 0 Å². The van der Waals surface area contributed by atoms with Crippen LogP contribution in [0.25, 0.3) is 0 Å². The predicted molar refractivity (Wildman–Crippen MR) is 87.9 cm³/mol. The van der Waals surface area contributed by atoms with Crippen LogP contribution < -0.4 is 5.32 Å². The lowest BCUT2D eigenvalue weighted by Crippen LogP contribution is -2.42. The first-order valence-corrected chi connectivity index (χ1v) is 7.57. The van der Waals surface area contributed by atoms with Crippen molar-refractivity contribution in [1.29, 1.82) is 5.26 Å². The van der Waals surface area contributed by atoms with Crippen LogP contribution in [0.1, 0.15) is 21.5 Å². The summed E-state index contributed by atoms with van der Waals surface area (Å²) in [6, 6.07) is 14.3. The van der Waals surface area contributed by atoms with Crippen molar-refractivity contribution < 1.29 is 14.7 Å². The predicted octanol–water partition coefficient (Wildman–Crippen LogP) is 2.75. The van der Waals surface area contributed by atoms with Gasteiger partial charge in [0.1, 0.15) is 6.04 Å². The van der Waals surface area contributed by atoms with Crippen molar-refractivity contribution in [1.82, 2.24) is 5.32 Å². The molecular formula is C17H13BrN2O3. The molecule has 0 unspecified atom stereocenters. The Morgan fingerprint density at radius 3 is 2.61 bits per heavy atom. The fourth-order valence-electron chi connectivity index (χ4n) is 2.07. The molecule has 2 aromatic carbocycles. The molecular weight excluding hydrogens is 360 g/mol. The van der Waals surface area contributed by atoms with E-state index in [2.05, 4.69) is 21.2 Å². The molecule has 0 saturated heterocycles. The molecule has 116 valence electrons. The highest BCUT2D eigenvalue weighted by Crippen LogP contribution is 2.12. The molecule has 0 aliphatic heterocycles. The Morgan fingerprint density at radius 2 is 1.96 bits per heavy atom. The van der Waals surface area contributed by atoms with Gasteiger partial charge in [0.2, 0.25) is 0 Å². The van der Waals surface area contributed by atoms with Gasteiger partial charge in [-0.05, 0) is 35.9 Å². The van der Waals surface area contributed by atoms with E-state index in [1.807, 2.05) is 6.07 Å². The molecule has 1 atom stereocenters. The maximum Gasteiger partial charge on any atom is 0.326 e. The minimum Gasteiger partial charge on any atom is -0.480 e. The summed E-state index contributed by atoms with van der Waals surface area (Å²) < 4.78 is 0.735. The van der Waals surface area contributed by atoms with Crippen LogP contribution in [-0.2, 0) is 11.2 Å². The van der Waals surface area contributed by atoms with E-state index in [-0.39, 0.29) is 6.42 Å². The second-order valence-electron chi connectivity index (χ2n) is 4.89. The van der Waals surface area contributed by atoms with Crippen LogP contribution >= 0.6 is 15.9 Å². The van der Waals surface area contributed by atoms with Gasteiger partial charge in [0.25, 0.3) is 5.91 Å². The van der Waals surface area contributed by atoms with E-state index in [4.69, 9.17) is 5.26 Å². The summed E-state index contributed by atoms with van der Waals surface area (Å²) in [4.78, 5) is 23.6. The number of carboxylic acid groups (broad SMARTS) is 1. The third kappa shape index (κ3) is 4.66. The first-order chi connectivity index (χ1) is 11.0. The molecule has 6 heteroatoms. The van der Waals surface area contributed by atoms with Crippen molar-refractivity contribution in [3.8, 4) is 6.07 Å². The number of halogens is 1. The number of aliphatic carboxylic acids is 1. The van der Waals surface area contributed by atoms with Crippen molar-refractivity contribution >= 4 is 27.8 Å². The maximum absolute atomic E-state index is 12.2. The fourth-order valence-corrected chi connectivity index (χ4v) is 2.47. The van der Waals surface area contributed by atoms with Crippen LogP contribution in [0.15, 0.2) is 53.0 Å². The summed E-state index contributed by atoms with van der Waals surface area (Å²) >= 11 is 3.27. The quantitative estimate of drug-likeness (QED) is 0.843. The zero-order chi connectivity index (χ0) is 16.8. The molecule has 0 aromatic heterocycles. The molecule has 1 amide bonds. The van der Waals surface area contributed by atoms with Gasteiger partial charge in [0.15, 0.2) is 0 Å². The third-order valence-electron chi connectivity index (χ3n) is 3.19. The van der Waals surface area contributed by atoms with Crippen LogP contribution in [0, 0.1) is 11.3 Å². The van der Waals surface area contributed by atoms with Crippen molar-refractivity contribution in [2.45, 2.75) is 12.5 Å². The molecule has 0 saturated carbocycles. The van der Waals surface area contributed by atoms with Gasteiger partial charge in [0.05, 0.1) is 11.6 Å². The molecule has 0 spiro atoms. The number of hydrogen-bond acceptors (Lipinski definition) is 3. The van der Waals surface area contributed by atoms with Gasteiger partial charge in [-0.2, -0.15) is 5.26 Å². The zero-order valence-electron chi connectivity index (χ0n) is 12.0. The van der Waals surface area contributed by atoms with Gasteiger partial charge in [-0.1, -0.05) is 34.1 Å². The van der Waals surface area contributed by atoms with E-state index in [1.54, 1.807) is 48.5 Å². The van der Waals surface area contributed by atoms with Gasteiger partial charge in [-0.3, -0.25) is 4.79 Å². The molecule has 23 heavy (non-hydrogen) atoms. The Balaban J connectivity index is 2.14. The van der Waals surface area contributed by atoms with Crippen molar-refractivity contribution in [3.63, 3.8) is 0 Å². The Bertz CT molecular complexity index is 783. The lowest BCUT2D eigenvalue weighted by Gasteiger charge is -2.15. The summed E-state index contributed by atoms with van der Waals surface area (Å²) in [6.45, 7) is 0. The highest BCUT2D eigenvalue weighted by molar-refractivity contribution is 9.10. The Morgan fingerprint density at radius 1 is 1.22 bits per heavy atom. The number of nitrogens with one attached hydrogen (secondary N) is 1. The van der Waals surface area contributed by atoms with Crippen molar-refractivity contribution in [2.75, 3.05) is 0 Å². The summed E-state index contributed by atoms with van der Waals surface area (Å²) in [6.07, 6.45) is 0.102. The molecule has 0 aliphatic rings. The zero-order valence-corrected chi connectivity index (χ0v) is 13.6. The van der Waals surface area contributed by atoms with Crippen LogP contribution in [0.4, 0.5) is 0 Å². The lowest BCUT2D eigenvalue weighted by atomic mass is 10.0. The summed E-state index contributed by atoms with van der Waals surface area (Å²) in [5.41, 5.74) is 1.49. The van der Waals surface area contributed by atoms with E-state index >= 15 is 0 Å². The number of hydrogen-bond donors (Lipinski definition) is 2. The normalized spacial score (nSPS) is 11.3. The van der Waals surface area contributed by atoms with Crippen LogP contribution in [0.2, 0.25) is 0 Å². The van der Waals surface area contributed by atoms with E-state index in [0.717, 1.165) is 4.47 Å². The summed E-state index contributed by atoms with van der Waals surface area (Å²) in [5.74, 6) is -1.59. The molecule has 0 heterocycles. The average molecular weight is 373 g/mol. The topological polar surface area (TPSA) is 90.2 Å². The van der Waals surface area contributed by atoms with E-state index in [9.17, 15) is 14.7 Å². The van der Waals surface area contributed by atoms with Gasteiger partial charge < -0.3 is 10.4 Å². The number of amides is 1. The van der Waals surface area contributed by atoms with E-state index < -0.39 is 17.9 Å². The molecule has 0 aliphatic carbocycles. The molecule has 2 rings (SSSR count). The minimum atomic E-state index is -1.13. The van der Waals surface area contributed by atoms with E-state index in [1.165, 1.54) is 0 Å². The first-order valence-electron chi connectivity index (χ1n) is 6.78. The number of carbonyl (C=O) groups excluding carboxylic acids is 1. The average Bonchev–Trinajstić information content (AvgIpc) is 2.54. The summed E-state index contributed by atoms with van der Waals surface area (Å²) in [7, 11) is 0. The van der Waals surface area contributed by atoms with Crippen molar-refractivity contribution in [2.24, 2.45) is 0 Å². The van der Waals surface area contributed by atoms with Gasteiger partial charge in [-0.25, -0.2) is 4.79 Å². The van der Waals surface area contributed by atoms with Crippen LogP contribution in [0.5, 0.6) is 0 Å². The monoisotopic (exact) mass is 372 g/mol. The largest absolute Gasteiger partial charge is 0.480 e. The molecule has 5 nitrogen and oxygen atoms in total. The molecule has 0 fully saturated rings. The lowest BCUT2D eigenvalue weighted by molar-refractivity contribution is -0.139. The van der Waals surface area contributed by atoms with E-state index in [0.29, 0.717) is 16.7 Å². The summed E-state index contributed by atoms with van der Waals surface area (Å²) in [5, 5.41) is 20.7. The maximum atomic E-state index is 12.2. The second kappa shape index (κ2) is 7.56. The number of nitrogens with zero attached hydrogens (tertiary/aromatic N) is 1. The molecule has 2 N–H and O–H groups in total. The van der Waals surface area contributed by atoms with Crippen molar-refractivity contribution in [3.05, 3.63) is 69.7 Å².